The van der Waals surface area contributed by atoms with Gasteiger partial charge in [0.25, 0.3) is 0 Å². The summed E-state index contributed by atoms with van der Waals surface area (Å²) in [5.41, 5.74) is 3.11. The van der Waals surface area contributed by atoms with E-state index in [1.165, 1.54) is 0 Å². The second-order valence-electron chi connectivity index (χ2n) is 7.53. The first kappa shape index (κ1) is 20.3. The van der Waals surface area contributed by atoms with Gasteiger partial charge in [0.1, 0.15) is 0 Å². The van der Waals surface area contributed by atoms with Crippen LogP contribution in [0.2, 0.25) is 0 Å². The molecule has 0 spiro atoms. The highest BCUT2D eigenvalue weighted by Crippen LogP contribution is 2.25. The molecule has 3 aromatic rings. The van der Waals surface area contributed by atoms with Crippen LogP contribution in [0.1, 0.15) is 30.5 Å². The summed E-state index contributed by atoms with van der Waals surface area (Å²) in [6.45, 7) is 5.67. The van der Waals surface area contributed by atoms with Gasteiger partial charge in [-0.1, -0.05) is 42.0 Å². The highest BCUT2D eigenvalue weighted by molar-refractivity contribution is 7.89. The van der Waals surface area contributed by atoms with Crippen molar-refractivity contribution in [3.8, 4) is 0 Å². The van der Waals surface area contributed by atoms with E-state index in [4.69, 9.17) is 0 Å². The lowest BCUT2D eigenvalue weighted by atomic mass is 10.0. The molecule has 0 bridgehead atoms. The number of fused-ring (bicyclic) bond motifs is 1. The minimum Gasteiger partial charge on any atom is -0.386 e. The Bertz CT molecular complexity index is 1090. The molecule has 0 saturated carbocycles. The monoisotopic (exact) mass is 398 g/mol. The summed E-state index contributed by atoms with van der Waals surface area (Å²) in [6, 6.07) is 12.7. The number of rotatable bonds is 7. The summed E-state index contributed by atoms with van der Waals surface area (Å²) in [4.78, 5) is 3.51. The zero-order valence-electron chi connectivity index (χ0n) is 16.4. The number of hydrogen-bond donors (Lipinski definition) is 3. The van der Waals surface area contributed by atoms with Gasteiger partial charge < -0.3 is 10.1 Å². The van der Waals surface area contributed by atoms with E-state index in [1.54, 1.807) is 44.2 Å². The fourth-order valence-electron chi connectivity index (χ4n) is 3.04. The average Bonchev–Trinajstić information content (AvgIpc) is 3.03. The van der Waals surface area contributed by atoms with Crippen LogP contribution in [0.15, 0.2) is 59.6 Å². The third-order valence-electron chi connectivity index (χ3n) is 4.51. The highest BCUT2D eigenvalue weighted by Gasteiger charge is 2.14. The first-order valence-electron chi connectivity index (χ1n) is 9.23. The van der Waals surface area contributed by atoms with Gasteiger partial charge in [-0.25, -0.2) is 13.1 Å². The molecule has 2 aromatic carbocycles. The van der Waals surface area contributed by atoms with Gasteiger partial charge in [-0.15, -0.1) is 0 Å². The van der Waals surface area contributed by atoms with Crippen LogP contribution < -0.4 is 4.72 Å². The summed E-state index contributed by atoms with van der Waals surface area (Å²) in [7, 11) is -3.53. The van der Waals surface area contributed by atoms with Crippen molar-refractivity contribution in [1.82, 2.24) is 9.71 Å². The molecule has 0 radical (unpaired) electrons. The van der Waals surface area contributed by atoms with Crippen molar-refractivity contribution >= 4 is 27.0 Å². The first-order chi connectivity index (χ1) is 13.2. The van der Waals surface area contributed by atoms with Gasteiger partial charge in [0.05, 0.1) is 10.5 Å². The van der Waals surface area contributed by atoms with Crippen LogP contribution in [-0.4, -0.2) is 30.7 Å². The number of sulfonamides is 1. The summed E-state index contributed by atoms with van der Waals surface area (Å²) >= 11 is 0. The number of aromatic amines is 1. The second kappa shape index (κ2) is 7.91. The van der Waals surface area contributed by atoms with Crippen molar-refractivity contribution < 1.29 is 13.5 Å². The minimum absolute atomic E-state index is 0.269. The largest absolute Gasteiger partial charge is 0.386 e. The van der Waals surface area contributed by atoms with E-state index in [1.807, 2.05) is 37.4 Å². The first-order valence-corrected chi connectivity index (χ1v) is 10.7. The Hall–Kier alpha value is -2.41. The number of aliphatic hydroxyl groups is 1. The zero-order valence-corrected chi connectivity index (χ0v) is 17.2. The Morgan fingerprint density at radius 2 is 1.86 bits per heavy atom. The van der Waals surface area contributed by atoms with Crippen molar-refractivity contribution in [3.05, 3.63) is 71.4 Å². The maximum atomic E-state index is 12.5. The van der Waals surface area contributed by atoms with Crippen molar-refractivity contribution in [2.75, 3.05) is 6.54 Å². The lowest BCUT2D eigenvalue weighted by Gasteiger charge is -2.11. The third kappa shape index (κ3) is 4.90. The lowest BCUT2D eigenvalue weighted by molar-refractivity contribution is 0.134. The smallest absolute Gasteiger partial charge is 0.240 e. The van der Waals surface area contributed by atoms with Crippen molar-refractivity contribution in [3.63, 3.8) is 0 Å². The lowest BCUT2D eigenvalue weighted by Crippen LogP contribution is -2.25. The van der Waals surface area contributed by atoms with Crippen LogP contribution >= 0.6 is 0 Å². The molecule has 1 heterocycles. The SMILES string of the molecule is Cc1ccc(S(=O)(=O)NCCc2c[nH]c3cccc(/C=C/C(C)(C)O)c23)cc1. The van der Waals surface area contributed by atoms with E-state index in [0.29, 0.717) is 13.0 Å². The predicted molar refractivity (Wildman–Crippen MR) is 114 cm³/mol. The van der Waals surface area contributed by atoms with Crippen LogP contribution in [0.3, 0.4) is 0 Å². The maximum Gasteiger partial charge on any atom is 0.240 e. The predicted octanol–water partition coefficient (Wildman–Crippen LogP) is 3.78. The molecule has 0 aliphatic rings. The molecule has 0 atom stereocenters. The minimum atomic E-state index is -3.53. The molecular weight excluding hydrogens is 372 g/mol. The van der Waals surface area contributed by atoms with E-state index < -0.39 is 15.6 Å². The molecule has 28 heavy (non-hydrogen) atoms. The van der Waals surface area contributed by atoms with E-state index in [9.17, 15) is 13.5 Å². The molecule has 0 saturated heterocycles. The van der Waals surface area contributed by atoms with Crippen LogP contribution in [0, 0.1) is 6.92 Å². The van der Waals surface area contributed by atoms with Gasteiger partial charge in [0.2, 0.25) is 10.0 Å². The van der Waals surface area contributed by atoms with E-state index in [0.717, 1.165) is 27.6 Å². The van der Waals surface area contributed by atoms with Crippen molar-refractivity contribution in [2.45, 2.75) is 37.7 Å². The van der Waals surface area contributed by atoms with Crippen LogP contribution in [0.4, 0.5) is 0 Å². The number of benzene rings is 2. The molecule has 3 rings (SSSR count). The molecule has 0 fully saturated rings. The molecule has 0 amide bonds. The zero-order chi connectivity index (χ0) is 20.4. The highest BCUT2D eigenvalue weighted by atomic mass is 32.2. The summed E-state index contributed by atoms with van der Waals surface area (Å²) in [6.07, 6.45) is 6.11. The Morgan fingerprint density at radius 1 is 1.14 bits per heavy atom. The van der Waals surface area contributed by atoms with Gasteiger partial charge in [0.15, 0.2) is 0 Å². The molecular formula is C22H26N2O3S. The van der Waals surface area contributed by atoms with Gasteiger partial charge in [-0.2, -0.15) is 0 Å². The Labute approximate surface area is 166 Å². The summed E-state index contributed by atoms with van der Waals surface area (Å²) < 4.78 is 27.6. The topological polar surface area (TPSA) is 82.2 Å². The van der Waals surface area contributed by atoms with E-state index in [2.05, 4.69) is 9.71 Å². The van der Waals surface area contributed by atoms with Crippen LogP contribution in [-0.2, 0) is 16.4 Å². The quantitative estimate of drug-likeness (QED) is 0.566. The van der Waals surface area contributed by atoms with E-state index >= 15 is 0 Å². The fraction of sp³-hybridized carbons (Fsp3) is 0.273. The molecule has 0 aliphatic carbocycles. The molecule has 3 N–H and O–H groups in total. The standard InChI is InChI=1S/C22H26N2O3S/c1-16-7-9-19(10-8-16)28(26,27)24-14-12-18-15-23-20-6-4-5-17(21(18)20)11-13-22(2,3)25/h4-11,13,15,23-25H,12,14H2,1-3H3/b13-11+. The molecule has 5 nitrogen and oxygen atoms in total. The maximum absolute atomic E-state index is 12.5. The van der Waals surface area contributed by atoms with Crippen LogP contribution in [0.5, 0.6) is 0 Å². The molecule has 0 aliphatic heterocycles. The third-order valence-corrected chi connectivity index (χ3v) is 5.99. The number of aromatic nitrogens is 1. The van der Waals surface area contributed by atoms with Gasteiger partial charge in [0, 0.05) is 23.6 Å². The molecule has 0 unspecified atom stereocenters. The van der Waals surface area contributed by atoms with Crippen molar-refractivity contribution in [2.24, 2.45) is 0 Å². The van der Waals surface area contributed by atoms with Gasteiger partial charge in [-0.3, -0.25) is 0 Å². The number of hydrogen-bond acceptors (Lipinski definition) is 3. The Morgan fingerprint density at radius 3 is 2.54 bits per heavy atom. The number of nitrogens with one attached hydrogen (secondary N) is 2. The molecule has 6 heteroatoms. The summed E-state index contributed by atoms with van der Waals surface area (Å²) in [5, 5.41) is 11.0. The Kier molecular flexibility index (Phi) is 5.74. The number of aryl methyl sites for hydroxylation is 1. The van der Waals surface area contributed by atoms with Gasteiger partial charge >= 0.3 is 0 Å². The molecule has 148 valence electrons. The van der Waals surface area contributed by atoms with Gasteiger partial charge in [-0.05, 0) is 56.5 Å². The average molecular weight is 399 g/mol. The van der Waals surface area contributed by atoms with Crippen LogP contribution in [0.25, 0.3) is 17.0 Å². The fourth-order valence-corrected chi connectivity index (χ4v) is 4.07. The summed E-state index contributed by atoms with van der Waals surface area (Å²) in [5.74, 6) is 0. The number of H-pyrrole nitrogens is 1. The Balaban J connectivity index is 1.78. The van der Waals surface area contributed by atoms with Crippen molar-refractivity contribution in [1.29, 1.82) is 0 Å². The molecule has 1 aromatic heterocycles. The normalized spacial score (nSPS) is 12.9. The van der Waals surface area contributed by atoms with E-state index in [-0.39, 0.29) is 4.90 Å². The second-order valence-corrected chi connectivity index (χ2v) is 9.30.